The van der Waals surface area contributed by atoms with Gasteiger partial charge in [-0.3, -0.25) is 9.59 Å². The lowest BCUT2D eigenvalue weighted by Gasteiger charge is -2.18. The molecule has 0 aliphatic carbocycles. The summed E-state index contributed by atoms with van der Waals surface area (Å²) >= 11 is 0. The minimum atomic E-state index is -0.983. The third kappa shape index (κ3) is 4.16. The van der Waals surface area contributed by atoms with Crippen molar-refractivity contribution in [2.75, 3.05) is 0 Å². The first-order valence-electron chi connectivity index (χ1n) is 7.39. The summed E-state index contributed by atoms with van der Waals surface area (Å²) in [5.41, 5.74) is 7.99. The number of primary amides is 1. The van der Waals surface area contributed by atoms with E-state index >= 15 is 0 Å². The number of aryl methyl sites for hydroxylation is 2. The number of amides is 2. The van der Waals surface area contributed by atoms with Crippen LogP contribution in [0.3, 0.4) is 0 Å². The van der Waals surface area contributed by atoms with E-state index in [0.29, 0.717) is 6.07 Å². The highest BCUT2D eigenvalue weighted by atomic mass is 19.1. The van der Waals surface area contributed by atoms with Crippen molar-refractivity contribution >= 4 is 11.8 Å². The fourth-order valence-corrected chi connectivity index (χ4v) is 2.52. The van der Waals surface area contributed by atoms with Gasteiger partial charge in [0, 0.05) is 18.1 Å². The standard InChI is InChI=1S/C18H18F2N2O2/c1-10-4-3-5-11(2)15(10)9-16(17(21)23)22-18(24)12-6-13(19)8-14(20)7-12/h3-8,16H,9H2,1-2H3,(H2,21,23)(H,22,24)/t16-/m1/s1. The molecule has 2 aromatic carbocycles. The molecule has 0 unspecified atom stereocenters. The van der Waals surface area contributed by atoms with E-state index in [2.05, 4.69) is 5.32 Å². The van der Waals surface area contributed by atoms with Crippen molar-refractivity contribution in [3.8, 4) is 0 Å². The fourth-order valence-electron chi connectivity index (χ4n) is 2.52. The zero-order valence-electron chi connectivity index (χ0n) is 13.4. The zero-order valence-corrected chi connectivity index (χ0v) is 13.4. The molecule has 2 amide bonds. The number of hydrogen-bond acceptors (Lipinski definition) is 2. The minimum absolute atomic E-state index is 0.206. The van der Waals surface area contributed by atoms with Gasteiger partial charge in [-0.05, 0) is 42.7 Å². The summed E-state index contributed by atoms with van der Waals surface area (Å²) in [4.78, 5) is 23.9. The van der Waals surface area contributed by atoms with Gasteiger partial charge >= 0.3 is 0 Å². The van der Waals surface area contributed by atoms with E-state index in [0.717, 1.165) is 28.8 Å². The second kappa shape index (κ2) is 7.21. The van der Waals surface area contributed by atoms with Gasteiger partial charge in [-0.1, -0.05) is 18.2 Å². The topological polar surface area (TPSA) is 72.2 Å². The average molecular weight is 332 g/mol. The lowest BCUT2D eigenvalue weighted by molar-refractivity contribution is -0.119. The van der Waals surface area contributed by atoms with E-state index in [1.165, 1.54) is 0 Å². The number of carbonyl (C=O) groups is 2. The number of halogens is 2. The molecule has 0 aliphatic rings. The third-order valence-corrected chi connectivity index (χ3v) is 3.83. The fraction of sp³-hybridized carbons (Fsp3) is 0.222. The van der Waals surface area contributed by atoms with E-state index in [9.17, 15) is 18.4 Å². The van der Waals surface area contributed by atoms with Gasteiger partial charge in [0.1, 0.15) is 17.7 Å². The van der Waals surface area contributed by atoms with Crippen molar-refractivity contribution in [1.82, 2.24) is 5.32 Å². The highest BCUT2D eigenvalue weighted by molar-refractivity contribution is 5.97. The quantitative estimate of drug-likeness (QED) is 0.882. The van der Waals surface area contributed by atoms with E-state index < -0.39 is 29.5 Å². The van der Waals surface area contributed by atoms with Gasteiger partial charge in [0.05, 0.1) is 0 Å². The predicted octanol–water partition coefficient (Wildman–Crippen LogP) is 2.41. The van der Waals surface area contributed by atoms with Crippen molar-refractivity contribution in [1.29, 1.82) is 0 Å². The van der Waals surface area contributed by atoms with Crippen LogP contribution >= 0.6 is 0 Å². The number of carbonyl (C=O) groups excluding carboxylic acids is 2. The molecule has 0 heterocycles. The van der Waals surface area contributed by atoms with Crippen molar-refractivity contribution in [2.45, 2.75) is 26.3 Å². The summed E-state index contributed by atoms with van der Waals surface area (Å²) in [5.74, 6) is -3.22. The molecular formula is C18H18F2N2O2. The molecule has 0 spiro atoms. The molecule has 2 rings (SSSR count). The van der Waals surface area contributed by atoms with Gasteiger partial charge in [-0.2, -0.15) is 0 Å². The van der Waals surface area contributed by atoms with Gasteiger partial charge in [-0.15, -0.1) is 0 Å². The minimum Gasteiger partial charge on any atom is -0.368 e. The monoisotopic (exact) mass is 332 g/mol. The Morgan fingerprint density at radius 3 is 2.12 bits per heavy atom. The third-order valence-electron chi connectivity index (χ3n) is 3.83. The largest absolute Gasteiger partial charge is 0.368 e. The van der Waals surface area contributed by atoms with Crippen LogP contribution in [0.25, 0.3) is 0 Å². The molecule has 24 heavy (non-hydrogen) atoms. The highest BCUT2D eigenvalue weighted by Crippen LogP contribution is 2.16. The van der Waals surface area contributed by atoms with Crippen LogP contribution in [0.15, 0.2) is 36.4 Å². The zero-order chi connectivity index (χ0) is 17.9. The van der Waals surface area contributed by atoms with Crippen LogP contribution in [0.1, 0.15) is 27.0 Å². The molecule has 3 N–H and O–H groups in total. The first-order chi connectivity index (χ1) is 11.3. The van der Waals surface area contributed by atoms with Crippen LogP contribution in [-0.2, 0) is 11.2 Å². The van der Waals surface area contributed by atoms with Gasteiger partial charge in [-0.25, -0.2) is 8.78 Å². The maximum absolute atomic E-state index is 13.2. The number of benzene rings is 2. The molecule has 0 aliphatic heterocycles. The molecule has 0 bridgehead atoms. The van der Waals surface area contributed by atoms with Gasteiger partial charge < -0.3 is 11.1 Å². The summed E-state index contributed by atoms with van der Waals surface area (Å²) in [6.45, 7) is 3.79. The molecule has 126 valence electrons. The first kappa shape index (κ1) is 17.6. The number of rotatable bonds is 5. The summed E-state index contributed by atoms with van der Waals surface area (Å²) < 4.78 is 26.5. The Morgan fingerprint density at radius 1 is 1.08 bits per heavy atom. The number of nitrogens with two attached hydrogens (primary N) is 1. The van der Waals surface area contributed by atoms with E-state index in [1.807, 2.05) is 32.0 Å². The molecule has 2 aromatic rings. The normalized spacial score (nSPS) is 11.8. The Hall–Kier alpha value is -2.76. The molecular weight excluding hydrogens is 314 g/mol. The Kier molecular flexibility index (Phi) is 5.28. The van der Waals surface area contributed by atoms with Crippen LogP contribution in [0.4, 0.5) is 8.78 Å². The molecule has 0 saturated carbocycles. The maximum Gasteiger partial charge on any atom is 0.252 e. The lowest BCUT2D eigenvalue weighted by atomic mass is 9.96. The van der Waals surface area contributed by atoms with Crippen LogP contribution in [0, 0.1) is 25.5 Å². The molecule has 0 aromatic heterocycles. The van der Waals surface area contributed by atoms with Crippen LogP contribution in [0.5, 0.6) is 0 Å². The summed E-state index contributed by atoms with van der Waals surface area (Å²) in [5, 5.41) is 2.44. The second-order valence-electron chi connectivity index (χ2n) is 5.66. The van der Waals surface area contributed by atoms with E-state index in [4.69, 9.17) is 5.73 Å². The SMILES string of the molecule is Cc1cccc(C)c1C[C@@H](NC(=O)c1cc(F)cc(F)c1)C(N)=O. The van der Waals surface area contributed by atoms with Crippen molar-refractivity contribution in [3.05, 3.63) is 70.3 Å². The van der Waals surface area contributed by atoms with Crippen molar-refractivity contribution in [3.63, 3.8) is 0 Å². The second-order valence-corrected chi connectivity index (χ2v) is 5.66. The van der Waals surface area contributed by atoms with Crippen LogP contribution in [0.2, 0.25) is 0 Å². The molecule has 1 atom stereocenters. The maximum atomic E-state index is 13.2. The summed E-state index contributed by atoms with van der Waals surface area (Å²) in [6, 6.07) is 7.16. The smallest absolute Gasteiger partial charge is 0.252 e. The van der Waals surface area contributed by atoms with Gasteiger partial charge in [0.2, 0.25) is 5.91 Å². The summed E-state index contributed by atoms with van der Waals surface area (Å²) in [7, 11) is 0. The molecule has 0 radical (unpaired) electrons. The predicted molar refractivity (Wildman–Crippen MR) is 86.4 cm³/mol. The lowest BCUT2D eigenvalue weighted by Crippen LogP contribution is -2.46. The van der Waals surface area contributed by atoms with Gasteiger partial charge in [0.25, 0.3) is 5.91 Å². The summed E-state index contributed by atoms with van der Waals surface area (Å²) in [6.07, 6.45) is 0.206. The Bertz CT molecular complexity index is 750. The van der Waals surface area contributed by atoms with Crippen LogP contribution < -0.4 is 11.1 Å². The highest BCUT2D eigenvalue weighted by Gasteiger charge is 2.21. The van der Waals surface area contributed by atoms with E-state index in [-0.39, 0.29) is 12.0 Å². The number of hydrogen-bond donors (Lipinski definition) is 2. The van der Waals surface area contributed by atoms with Crippen LogP contribution in [-0.4, -0.2) is 17.9 Å². The van der Waals surface area contributed by atoms with Gasteiger partial charge in [0.15, 0.2) is 0 Å². The Labute approximate surface area is 138 Å². The molecule has 0 fully saturated rings. The number of nitrogens with one attached hydrogen (secondary N) is 1. The van der Waals surface area contributed by atoms with Crippen molar-refractivity contribution < 1.29 is 18.4 Å². The average Bonchev–Trinajstić information content (AvgIpc) is 2.48. The Morgan fingerprint density at radius 2 is 1.62 bits per heavy atom. The van der Waals surface area contributed by atoms with Crippen molar-refractivity contribution in [2.24, 2.45) is 5.73 Å². The Balaban J connectivity index is 2.22. The molecule has 4 nitrogen and oxygen atoms in total. The van der Waals surface area contributed by atoms with E-state index in [1.54, 1.807) is 0 Å². The molecule has 6 heteroatoms. The molecule has 0 saturated heterocycles. The first-order valence-corrected chi connectivity index (χ1v) is 7.39.